The van der Waals surface area contributed by atoms with Crippen LogP contribution in [0.5, 0.6) is 0 Å². The normalized spacial score (nSPS) is 22.0. The molecule has 2 amide bonds. The van der Waals surface area contributed by atoms with Crippen LogP contribution in [0.2, 0.25) is 0 Å². The molecule has 0 bridgehead atoms. The number of carbonyl (C=O) groups excluding carboxylic acids is 1. The zero-order chi connectivity index (χ0) is 17.2. The summed E-state index contributed by atoms with van der Waals surface area (Å²) in [6.45, 7) is 1.27. The van der Waals surface area contributed by atoms with Crippen molar-refractivity contribution in [2.24, 2.45) is 5.92 Å². The SMILES string of the molecule is CS(=O)(=O)c1ccc(CNC(=O)N2CCCC2C2CCCC2)cc1. The molecule has 1 saturated heterocycles. The smallest absolute Gasteiger partial charge is 0.317 e. The molecule has 1 saturated carbocycles. The topological polar surface area (TPSA) is 66.5 Å². The van der Waals surface area contributed by atoms with Gasteiger partial charge in [0.05, 0.1) is 4.90 Å². The van der Waals surface area contributed by atoms with E-state index in [1.807, 2.05) is 4.90 Å². The highest BCUT2D eigenvalue weighted by Gasteiger charge is 2.35. The van der Waals surface area contributed by atoms with Crippen LogP contribution in [-0.4, -0.2) is 38.2 Å². The highest BCUT2D eigenvalue weighted by Crippen LogP contribution is 2.35. The number of rotatable bonds is 4. The lowest BCUT2D eigenvalue weighted by Gasteiger charge is -2.29. The number of nitrogens with one attached hydrogen (secondary N) is 1. The molecule has 2 aliphatic rings. The van der Waals surface area contributed by atoms with Gasteiger partial charge in [0.15, 0.2) is 9.84 Å². The van der Waals surface area contributed by atoms with E-state index in [0.717, 1.165) is 24.9 Å². The van der Waals surface area contributed by atoms with Crippen LogP contribution in [0.1, 0.15) is 44.1 Å². The van der Waals surface area contributed by atoms with E-state index in [1.54, 1.807) is 24.3 Å². The molecule has 1 aromatic rings. The molecule has 0 spiro atoms. The van der Waals surface area contributed by atoms with Gasteiger partial charge >= 0.3 is 6.03 Å². The summed E-state index contributed by atoms with van der Waals surface area (Å²) in [7, 11) is -3.18. The van der Waals surface area contributed by atoms with E-state index in [2.05, 4.69) is 5.32 Å². The Morgan fingerprint density at radius 2 is 1.79 bits per heavy atom. The minimum atomic E-state index is -3.18. The molecule has 132 valence electrons. The van der Waals surface area contributed by atoms with Crippen LogP contribution in [0.15, 0.2) is 29.2 Å². The zero-order valence-electron chi connectivity index (χ0n) is 14.2. The fourth-order valence-corrected chi connectivity index (χ4v) is 4.64. The first-order valence-corrected chi connectivity index (χ1v) is 10.7. The minimum absolute atomic E-state index is 0.0107. The second-order valence-corrected chi connectivity index (χ2v) is 9.04. The van der Waals surface area contributed by atoms with Gasteiger partial charge in [-0.05, 0) is 49.3 Å². The van der Waals surface area contributed by atoms with E-state index in [-0.39, 0.29) is 6.03 Å². The Kier molecular flexibility index (Phi) is 5.13. The number of sulfone groups is 1. The summed E-state index contributed by atoms with van der Waals surface area (Å²) in [5.74, 6) is 0.673. The number of hydrogen-bond acceptors (Lipinski definition) is 3. The van der Waals surface area contributed by atoms with Crippen molar-refractivity contribution in [1.29, 1.82) is 0 Å². The molecule has 1 aromatic carbocycles. The Labute approximate surface area is 144 Å². The van der Waals surface area contributed by atoms with E-state index in [1.165, 1.54) is 31.9 Å². The molecule has 1 heterocycles. The number of amides is 2. The molecule has 3 rings (SSSR count). The van der Waals surface area contributed by atoms with Gasteiger partial charge in [0.25, 0.3) is 0 Å². The van der Waals surface area contributed by atoms with Crippen LogP contribution in [-0.2, 0) is 16.4 Å². The van der Waals surface area contributed by atoms with E-state index >= 15 is 0 Å². The maximum atomic E-state index is 12.5. The van der Waals surface area contributed by atoms with Gasteiger partial charge in [-0.15, -0.1) is 0 Å². The first kappa shape index (κ1) is 17.3. The molecule has 1 N–H and O–H groups in total. The maximum absolute atomic E-state index is 12.5. The molecule has 0 radical (unpaired) electrons. The van der Waals surface area contributed by atoms with Crippen molar-refractivity contribution in [1.82, 2.24) is 10.2 Å². The lowest BCUT2D eigenvalue weighted by atomic mass is 9.96. The summed E-state index contributed by atoms with van der Waals surface area (Å²) >= 11 is 0. The number of urea groups is 1. The molecule has 1 aliphatic heterocycles. The second kappa shape index (κ2) is 7.13. The lowest BCUT2D eigenvalue weighted by Crippen LogP contribution is -2.45. The van der Waals surface area contributed by atoms with Crippen LogP contribution in [0, 0.1) is 5.92 Å². The Bertz CT molecular complexity index is 679. The number of benzene rings is 1. The summed E-state index contributed by atoms with van der Waals surface area (Å²) < 4.78 is 22.9. The van der Waals surface area contributed by atoms with Gasteiger partial charge < -0.3 is 10.2 Å². The third kappa shape index (κ3) is 3.91. The van der Waals surface area contributed by atoms with Gasteiger partial charge in [-0.2, -0.15) is 0 Å². The minimum Gasteiger partial charge on any atom is -0.334 e. The van der Waals surface area contributed by atoms with Crippen LogP contribution >= 0.6 is 0 Å². The standard InChI is InChI=1S/C18H26N2O3S/c1-24(22,23)16-10-8-14(9-11-16)13-19-18(21)20-12-4-7-17(20)15-5-2-3-6-15/h8-11,15,17H,2-7,12-13H2,1H3,(H,19,21). The first-order chi connectivity index (χ1) is 11.4. The van der Waals surface area contributed by atoms with E-state index in [9.17, 15) is 13.2 Å². The predicted octanol–water partition coefficient (Wildman–Crippen LogP) is 2.95. The van der Waals surface area contributed by atoms with E-state index in [4.69, 9.17) is 0 Å². The van der Waals surface area contributed by atoms with Crippen LogP contribution in [0.3, 0.4) is 0 Å². The number of carbonyl (C=O) groups is 1. The monoisotopic (exact) mass is 350 g/mol. The average Bonchev–Trinajstić information content (AvgIpc) is 3.22. The maximum Gasteiger partial charge on any atom is 0.317 e. The molecule has 5 nitrogen and oxygen atoms in total. The summed E-state index contributed by atoms with van der Waals surface area (Å²) in [6, 6.07) is 7.11. The van der Waals surface area contributed by atoms with Crippen molar-refractivity contribution in [3.8, 4) is 0 Å². The van der Waals surface area contributed by atoms with Crippen molar-refractivity contribution in [2.75, 3.05) is 12.8 Å². The Morgan fingerprint density at radius 1 is 1.12 bits per heavy atom. The van der Waals surface area contributed by atoms with Gasteiger partial charge in [-0.25, -0.2) is 13.2 Å². The Hall–Kier alpha value is -1.56. The zero-order valence-corrected chi connectivity index (χ0v) is 15.0. The van der Waals surface area contributed by atoms with Gasteiger partial charge in [-0.1, -0.05) is 25.0 Å². The summed E-state index contributed by atoms with van der Waals surface area (Å²) in [4.78, 5) is 14.8. The van der Waals surface area contributed by atoms with Crippen LogP contribution in [0.4, 0.5) is 4.79 Å². The van der Waals surface area contributed by atoms with Crippen molar-refractivity contribution in [3.05, 3.63) is 29.8 Å². The lowest BCUT2D eigenvalue weighted by molar-refractivity contribution is 0.172. The predicted molar refractivity (Wildman–Crippen MR) is 93.5 cm³/mol. The molecular formula is C18H26N2O3S. The highest BCUT2D eigenvalue weighted by atomic mass is 32.2. The molecule has 1 unspecified atom stereocenters. The van der Waals surface area contributed by atoms with E-state index in [0.29, 0.717) is 23.4 Å². The van der Waals surface area contributed by atoms with Gasteiger partial charge in [-0.3, -0.25) is 0 Å². The average molecular weight is 350 g/mol. The molecule has 0 aromatic heterocycles. The second-order valence-electron chi connectivity index (χ2n) is 7.02. The van der Waals surface area contributed by atoms with Crippen LogP contribution in [0.25, 0.3) is 0 Å². The Morgan fingerprint density at radius 3 is 2.42 bits per heavy atom. The van der Waals surface area contributed by atoms with Crippen LogP contribution < -0.4 is 5.32 Å². The first-order valence-electron chi connectivity index (χ1n) is 8.78. The van der Waals surface area contributed by atoms with Crippen molar-refractivity contribution in [2.45, 2.75) is 56.0 Å². The number of hydrogen-bond donors (Lipinski definition) is 1. The van der Waals surface area contributed by atoms with Gasteiger partial charge in [0.1, 0.15) is 0 Å². The molecule has 6 heteroatoms. The quantitative estimate of drug-likeness (QED) is 0.908. The Balaban J connectivity index is 1.57. The third-order valence-electron chi connectivity index (χ3n) is 5.30. The van der Waals surface area contributed by atoms with Gasteiger partial charge in [0, 0.05) is 25.4 Å². The number of nitrogens with zero attached hydrogens (tertiary/aromatic N) is 1. The fourth-order valence-electron chi connectivity index (χ4n) is 4.01. The number of likely N-dealkylation sites (tertiary alicyclic amines) is 1. The van der Waals surface area contributed by atoms with Crippen molar-refractivity contribution >= 4 is 15.9 Å². The molecule has 1 aliphatic carbocycles. The highest BCUT2D eigenvalue weighted by molar-refractivity contribution is 7.90. The van der Waals surface area contributed by atoms with Gasteiger partial charge in [0.2, 0.25) is 0 Å². The molecule has 24 heavy (non-hydrogen) atoms. The summed E-state index contributed by atoms with van der Waals surface area (Å²) in [5, 5.41) is 2.99. The fraction of sp³-hybridized carbons (Fsp3) is 0.611. The molecule has 2 fully saturated rings. The van der Waals surface area contributed by atoms with Crippen molar-refractivity contribution < 1.29 is 13.2 Å². The molecule has 1 atom stereocenters. The summed E-state index contributed by atoms with van der Waals surface area (Å²) in [5.41, 5.74) is 0.910. The summed E-state index contributed by atoms with van der Waals surface area (Å²) in [6.07, 6.45) is 8.51. The van der Waals surface area contributed by atoms with E-state index < -0.39 is 9.84 Å². The van der Waals surface area contributed by atoms with Crippen molar-refractivity contribution in [3.63, 3.8) is 0 Å². The largest absolute Gasteiger partial charge is 0.334 e. The molecular weight excluding hydrogens is 324 g/mol. The third-order valence-corrected chi connectivity index (χ3v) is 6.43.